The molecule has 4 rings (SSSR count). The third-order valence-corrected chi connectivity index (χ3v) is 5.61. The van der Waals surface area contributed by atoms with Gasteiger partial charge in [0.05, 0.1) is 6.61 Å². The average molecular weight is 257 g/mol. The van der Waals surface area contributed by atoms with E-state index >= 15 is 0 Å². The monoisotopic (exact) mass is 257 g/mol. The Kier molecular flexibility index (Phi) is 2.80. The zero-order valence-corrected chi connectivity index (χ0v) is 11.7. The molecule has 0 spiro atoms. The third-order valence-electron chi connectivity index (χ3n) is 5.61. The van der Waals surface area contributed by atoms with Crippen LogP contribution in [0.5, 0.6) is 5.75 Å². The van der Waals surface area contributed by atoms with Gasteiger partial charge in [0.15, 0.2) is 0 Å². The summed E-state index contributed by atoms with van der Waals surface area (Å²) in [4.78, 5) is 0. The summed E-state index contributed by atoms with van der Waals surface area (Å²) in [5.41, 5.74) is 2.82. The molecule has 4 unspecified atom stereocenters. The van der Waals surface area contributed by atoms with E-state index in [4.69, 9.17) is 4.74 Å². The third kappa shape index (κ3) is 1.80. The highest BCUT2D eigenvalue weighted by Gasteiger charge is 2.43. The molecule has 2 bridgehead atoms. The Morgan fingerprint density at radius 2 is 2.21 bits per heavy atom. The molecule has 3 aliphatic rings. The first kappa shape index (κ1) is 11.8. The first-order valence-electron chi connectivity index (χ1n) is 7.78. The van der Waals surface area contributed by atoms with Crippen LogP contribution in [0.25, 0.3) is 0 Å². The molecule has 1 aromatic carbocycles. The van der Waals surface area contributed by atoms with Crippen molar-refractivity contribution in [3.8, 4) is 5.75 Å². The first-order chi connectivity index (χ1) is 9.36. The van der Waals surface area contributed by atoms with Crippen LogP contribution >= 0.6 is 0 Å². The van der Waals surface area contributed by atoms with Gasteiger partial charge in [-0.1, -0.05) is 24.6 Å². The highest BCUT2D eigenvalue weighted by Crippen LogP contribution is 2.53. The summed E-state index contributed by atoms with van der Waals surface area (Å²) in [5, 5.41) is 3.59. The van der Waals surface area contributed by atoms with Crippen LogP contribution in [0, 0.1) is 17.8 Å². The van der Waals surface area contributed by atoms with Crippen LogP contribution in [0.4, 0.5) is 0 Å². The molecule has 0 aromatic heterocycles. The van der Waals surface area contributed by atoms with Crippen LogP contribution in [0.2, 0.25) is 0 Å². The van der Waals surface area contributed by atoms with Crippen molar-refractivity contribution < 1.29 is 4.74 Å². The summed E-state index contributed by atoms with van der Waals surface area (Å²) in [6, 6.07) is 7.19. The van der Waals surface area contributed by atoms with Gasteiger partial charge in [-0.2, -0.15) is 0 Å². The minimum absolute atomic E-state index is 0.489. The number of fused-ring (bicyclic) bond motifs is 3. The highest BCUT2D eigenvalue weighted by molar-refractivity contribution is 5.46. The molecule has 2 nitrogen and oxygen atoms in total. The van der Waals surface area contributed by atoms with Crippen molar-refractivity contribution in [3.63, 3.8) is 0 Å². The van der Waals surface area contributed by atoms with E-state index in [1.54, 1.807) is 0 Å². The van der Waals surface area contributed by atoms with Crippen LogP contribution in [-0.2, 0) is 6.42 Å². The number of nitrogens with one attached hydrogen (secondary N) is 1. The molecule has 4 atom stereocenters. The number of benzene rings is 1. The zero-order valence-electron chi connectivity index (χ0n) is 11.7. The topological polar surface area (TPSA) is 21.3 Å². The highest BCUT2D eigenvalue weighted by atomic mass is 16.5. The fourth-order valence-corrected chi connectivity index (χ4v) is 4.79. The molecule has 19 heavy (non-hydrogen) atoms. The second-order valence-corrected chi connectivity index (χ2v) is 6.54. The van der Waals surface area contributed by atoms with Gasteiger partial charge in [-0.05, 0) is 49.6 Å². The maximum absolute atomic E-state index is 5.91. The summed E-state index contributed by atoms with van der Waals surface area (Å²) >= 11 is 0. The Morgan fingerprint density at radius 1 is 1.26 bits per heavy atom. The van der Waals surface area contributed by atoms with Gasteiger partial charge >= 0.3 is 0 Å². The van der Waals surface area contributed by atoms with E-state index in [9.17, 15) is 0 Å². The van der Waals surface area contributed by atoms with E-state index in [0.29, 0.717) is 6.04 Å². The van der Waals surface area contributed by atoms with E-state index in [-0.39, 0.29) is 0 Å². The van der Waals surface area contributed by atoms with E-state index in [0.717, 1.165) is 30.8 Å². The molecular weight excluding hydrogens is 234 g/mol. The predicted octanol–water partition coefficient (Wildman–Crippen LogP) is 3.32. The molecule has 1 heterocycles. The molecule has 1 aromatic rings. The first-order valence-corrected chi connectivity index (χ1v) is 7.78. The Morgan fingerprint density at radius 3 is 2.95 bits per heavy atom. The van der Waals surface area contributed by atoms with Crippen LogP contribution in [0.15, 0.2) is 18.2 Å². The lowest BCUT2D eigenvalue weighted by atomic mass is 9.80. The lowest BCUT2D eigenvalue weighted by Crippen LogP contribution is -2.29. The molecule has 0 saturated heterocycles. The van der Waals surface area contributed by atoms with Gasteiger partial charge in [-0.3, -0.25) is 0 Å². The van der Waals surface area contributed by atoms with Gasteiger partial charge in [0, 0.05) is 18.0 Å². The number of hydrogen-bond acceptors (Lipinski definition) is 2. The van der Waals surface area contributed by atoms with Crippen molar-refractivity contribution in [3.05, 3.63) is 29.3 Å². The molecule has 0 amide bonds. The normalized spacial score (nSPS) is 33.2. The van der Waals surface area contributed by atoms with Crippen molar-refractivity contribution in [2.24, 2.45) is 17.8 Å². The second kappa shape index (κ2) is 4.52. The molecule has 0 radical (unpaired) electrons. The maximum atomic E-state index is 5.91. The van der Waals surface area contributed by atoms with Gasteiger partial charge in [-0.15, -0.1) is 0 Å². The quantitative estimate of drug-likeness (QED) is 0.897. The smallest absolute Gasteiger partial charge is 0.127 e. The van der Waals surface area contributed by atoms with Crippen LogP contribution in [0.3, 0.4) is 0 Å². The summed E-state index contributed by atoms with van der Waals surface area (Å²) in [6.07, 6.45) is 6.89. The Hall–Kier alpha value is -1.02. The molecule has 102 valence electrons. The van der Waals surface area contributed by atoms with Gasteiger partial charge in [0.25, 0.3) is 0 Å². The van der Waals surface area contributed by atoms with Crippen LogP contribution in [0.1, 0.15) is 42.9 Å². The summed E-state index contributed by atoms with van der Waals surface area (Å²) in [5.74, 6) is 3.95. The van der Waals surface area contributed by atoms with Gasteiger partial charge in [-0.25, -0.2) is 0 Å². The molecule has 2 saturated carbocycles. The van der Waals surface area contributed by atoms with E-state index in [1.165, 1.54) is 42.6 Å². The summed E-state index contributed by atoms with van der Waals surface area (Å²) in [7, 11) is 2.12. The molecular formula is C17H23NO. The van der Waals surface area contributed by atoms with E-state index in [2.05, 4.69) is 30.6 Å². The number of rotatable bonds is 3. The van der Waals surface area contributed by atoms with Crippen molar-refractivity contribution in [2.75, 3.05) is 13.7 Å². The zero-order chi connectivity index (χ0) is 12.8. The van der Waals surface area contributed by atoms with Crippen LogP contribution < -0.4 is 10.1 Å². The fraction of sp³-hybridized carbons (Fsp3) is 0.647. The number of hydrogen-bond donors (Lipinski definition) is 1. The molecule has 1 aliphatic heterocycles. The minimum Gasteiger partial charge on any atom is -0.493 e. The summed E-state index contributed by atoms with van der Waals surface area (Å²) in [6.45, 7) is 0.861. The SMILES string of the molecule is CNC(c1cccc2c1OCC2)C1CC2CCC1C2. The Labute approximate surface area is 115 Å². The Balaban J connectivity index is 1.68. The number of para-hydroxylation sites is 1. The van der Waals surface area contributed by atoms with E-state index in [1.807, 2.05) is 0 Å². The van der Waals surface area contributed by atoms with Crippen molar-refractivity contribution in [1.29, 1.82) is 0 Å². The molecule has 1 N–H and O–H groups in total. The standard InChI is InChI=1S/C17H23NO/c1-18-16(15-10-11-5-6-13(15)9-11)14-4-2-3-12-7-8-19-17(12)14/h2-4,11,13,15-16,18H,5-10H2,1H3. The van der Waals surface area contributed by atoms with Gasteiger partial charge in [0.2, 0.25) is 0 Å². The average Bonchev–Trinajstić information content (AvgIpc) is 3.15. The second-order valence-electron chi connectivity index (χ2n) is 6.54. The maximum Gasteiger partial charge on any atom is 0.127 e. The largest absolute Gasteiger partial charge is 0.493 e. The van der Waals surface area contributed by atoms with Crippen LogP contribution in [-0.4, -0.2) is 13.7 Å². The lowest BCUT2D eigenvalue weighted by Gasteiger charge is -2.31. The predicted molar refractivity (Wildman–Crippen MR) is 76.4 cm³/mol. The fourth-order valence-electron chi connectivity index (χ4n) is 4.79. The molecule has 2 heteroatoms. The number of ether oxygens (including phenoxy) is 1. The van der Waals surface area contributed by atoms with Crippen molar-refractivity contribution in [1.82, 2.24) is 5.32 Å². The van der Waals surface area contributed by atoms with E-state index < -0.39 is 0 Å². The molecule has 2 fully saturated rings. The van der Waals surface area contributed by atoms with Gasteiger partial charge < -0.3 is 10.1 Å². The van der Waals surface area contributed by atoms with Crippen molar-refractivity contribution >= 4 is 0 Å². The summed E-state index contributed by atoms with van der Waals surface area (Å²) < 4.78 is 5.91. The van der Waals surface area contributed by atoms with Gasteiger partial charge in [0.1, 0.15) is 5.75 Å². The minimum atomic E-state index is 0.489. The van der Waals surface area contributed by atoms with Crippen molar-refractivity contribution in [2.45, 2.75) is 38.1 Å². The molecule has 2 aliphatic carbocycles. The lowest BCUT2D eigenvalue weighted by molar-refractivity contribution is 0.253. The Bertz CT molecular complexity index is 484.